The zero-order chi connectivity index (χ0) is 22.7. The molecule has 3 aromatic carbocycles. The van der Waals surface area contributed by atoms with E-state index in [-0.39, 0.29) is 29.6 Å². The number of carbonyl (C=O) groups is 3. The number of likely N-dealkylation sites (tertiary alicyclic amines) is 1. The number of nitrogens with zero attached hydrogens (tertiary/aromatic N) is 1. The van der Waals surface area contributed by atoms with Crippen LogP contribution in [0.25, 0.3) is 10.8 Å². The van der Waals surface area contributed by atoms with Crippen molar-refractivity contribution in [1.29, 1.82) is 0 Å². The van der Waals surface area contributed by atoms with Crippen LogP contribution in [0.1, 0.15) is 33.6 Å². The van der Waals surface area contributed by atoms with Crippen molar-refractivity contribution in [1.82, 2.24) is 4.90 Å². The van der Waals surface area contributed by atoms with Gasteiger partial charge >= 0.3 is 5.97 Å². The molecule has 1 N–H and O–H groups in total. The fourth-order valence-corrected chi connectivity index (χ4v) is 4.07. The Hall–Kier alpha value is -3.74. The zero-order valence-corrected chi connectivity index (χ0v) is 17.6. The van der Waals surface area contributed by atoms with E-state index in [1.54, 1.807) is 11.0 Å². The molecule has 0 spiro atoms. The van der Waals surface area contributed by atoms with Crippen LogP contribution in [0, 0.1) is 11.7 Å². The van der Waals surface area contributed by atoms with Crippen molar-refractivity contribution in [3.8, 4) is 0 Å². The first-order chi connectivity index (χ1) is 15.5. The lowest BCUT2D eigenvalue weighted by Gasteiger charge is -2.32. The van der Waals surface area contributed by atoms with Gasteiger partial charge in [-0.25, -0.2) is 9.18 Å². The summed E-state index contributed by atoms with van der Waals surface area (Å²) in [5.74, 6) is -2.36. The van der Waals surface area contributed by atoms with Gasteiger partial charge in [0.15, 0.2) is 0 Å². The first kappa shape index (κ1) is 21.5. The van der Waals surface area contributed by atoms with E-state index in [0.717, 1.165) is 16.8 Å². The van der Waals surface area contributed by atoms with Crippen molar-refractivity contribution in [3.63, 3.8) is 0 Å². The monoisotopic (exact) mass is 434 g/mol. The van der Waals surface area contributed by atoms with E-state index in [1.807, 2.05) is 36.4 Å². The summed E-state index contributed by atoms with van der Waals surface area (Å²) in [5, 5.41) is 4.57. The molecular weight excluding hydrogens is 411 g/mol. The van der Waals surface area contributed by atoms with Crippen molar-refractivity contribution in [3.05, 3.63) is 77.6 Å². The molecule has 6 nitrogen and oxygen atoms in total. The summed E-state index contributed by atoms with van der Waals surface area (Å²) < 4.78 is 18.7. The van der Waals surface area contributed by atoms with Gasteiger partial charge in [-0.15, -0.1) is 0 Å². The van der Waals surface area contributed by atoms with Crippen molar-refractivity contribution in [2.24, 2.45) is 5.92 Å². The molecule has 1 saturated heterocycles. The van der Waals surface area contributed by atoms with Crippen LogP contribution in [0.5, 0.6) is 0 Å². The molecule has 0 radical (unpaired) electrons. The number of esters is 1. The molecular formula is C25H23FN2O4. The maximum absolute atomic E-state index is 14.2. The van der Waals surface area contributed by atoms with Crippen molar-refractivity contribution in [2.75, 3.05) is 25.5 Å². The molecule has 1 atom stereocenters. The predicted octanol–water partition coefficient (Wildman–Crippen LogP) is 4.26. The molecule has 0 saturated carbocycles. The molecule has 1 unspecified atom stereocenters. The lowest BCUT2D eigenvalue weighted by atomic mass is 9.95. The van der Waals surface area contributed by atoms with E-state index < -0.39 is 17.7 Å². The van der Waals surface area contributed by atoms with Crippen LogP contribution < -0.4 is 5.32 Å². The summed E-state index contributed by atoms with van der Waals surface area (Å²) in [7, 11) is 1.17. The Labute approximate surface area is 185 Å². The van der Waals surface area contributed by atoms with Crippen molar-refractivity contribution in [2.45, 2.75) is 12.8 Å². The highest BCUT2D eigenvalue weighted by atomic mass is 19.1. The fraction of sp³-hybridized carbons (Fsp3) is 0.240. The molecule has 2 amide bonds. The number of piperidine rings is 1. The number of fused-ring (bicyclic) bond motifs is 1. The largest absolute Gasteiger partial charge is 0.465 e. The van der Waals surface area contributed by atoms with Gasteiger partial charge in [-0.05, 0) is 47.9 Å². The van der Waals surface area contributed by atoms with Gasteiger partial charge in [0.05, 0.1) is 18.6 Å². The first-order valence-electron chi connectivity index (χ1n) is 10.4. The number of methoxy groups -OCH3 is 1. The second-order valence-electron chi connectivity index (χ2n) is 7.79. The highest BCUT2D eigenvalue weighted by molar-refractivity contribution is 6.07. The number of amides is 2. The van der Waals surface area contributed by atoms with Crippen LogP contribution >= 0.6 is 0 Å². The Bertz CT molecular complexity index is 1190. The highest BCUT2D eigenvalue weighted by Crippen LogP contribution is 2.25. The van der Waals surface area contributed by atoms with Gasteiger partial charge in [-0.1, -0.05) is 36.4 Å². The third-order valence-electron chi connectivity index (χ3n) is 5.74. The van der Waals surface area contributed by atoms with E-state index in [1.165, 1.54) is 19.2 Å². The highest BCUT2D eigenvalue weighted by Gasteiger charge is 2.29. The number of halogens is 1. The first-order valence-corrected chi connectivity index (χ1v) is 10.4. The van der Waals surface area contributed by atoms with E-state index in [9.17, 15) is 18.8 Å². The van der Waals surface area contributed by atoms with Gasteiger partial charge in [0.2, 0.25) is 5.91 Å². The van der Waals surface area contributed by atoms with E-state index in [0.29, 0.717) is 24.9 Å². The molecule has 164 valence electrons. The normalized spacial score (nSPS) is 15.9. The minimum absolute atomic E-state index is 0.104. The molecule has 0 aromatic heterocycles. The Morgan fingerprint density at radius 1 is 1.03 bits per heavy atom. The van der Waals surface area contributed by atoms with Crippen LogP contribution in [0.3, 0.4) is 0 Å². The van der Waals surface area contributed by atoms with E-state index in [4.69, 9.17) is 0 Å². The SMILES string of the molecule is COC(=O)c1ccc(NC(=O)C2CCCN(C(=O)c3cccc4ccccc34)C2)cc1F. The topological polar surface area (TPSA) is 75.7 Å². The second-order valence-corrected chi connectivity index (χ2v) is 7.79. The summed E-state index contributed by atoms with van der Waals surface area (Å²) in [4.78, 5) is 39.3. The molecule has 1 fully saturated rings. The number of nitrogens with one attached hydrogen (secondary N) is 1. The Kier molecular flexibility index (Phi) is 6.16. The number of rotatable bonds is 4. The standard InChI is InChI=1S/C25H23FN2O4/c1-32-25(31)21-12-11-18(14-22(21)26)27-23(29)17-8-5-13-28(15-17)24(30)20-10-4-7-16-6-2-3-9-19(16)20/h2-4,6-7,9-12,14,17H,5,8,13,15H2,1H3,(H,27,29). The van der Waals surface area contributed by atoms with E-state index in [2.05, 4.69) is 10.1 Å². The minimum Gasteiger partial charge on any atom is -0.465 e. The molecule has 3 aromatic rings. The van der Waals surface area contributed by atoms with Crippen LogP contribution in [0.15, 0.2) is 60.7 Å². The smallest absolute Gasteiger partial charge is 0.340 e. The molecule has 0 aliphatic carbocycles. The summed E-state index contributed by atoms with van der Waals surface area (Å²) in [5.41, 5.74) is 0.664. The molecule has 1 aliphatic heterocycles. The Balaban J connectivity index is 1.47. The van der Waals surface area contributed by atoms with Gasteiger partial charge in [-0.3, -0.25) is 9.59 Å². The third-order valence-corrected chi connectivity index (χ3v) is 5.74. The predicted molar refractivity (Wildman–Crippen MR) is 119 cm³/mol. The van der Waals surface area contributed by atoms with Crippen LogP contribution in [0.4, 0.5) is 10.1 Å². The van der Waals surface area contributed by atoms with E-state index >= 15 is 0 Å². The average molecular weight is 434 g/mol. The fourth-order valence-electron chi connectivity index (χ4n) is 4.07. The summed E-state index contributed by atoms with van der Waals surface area (Å²) in [6.07, 6.45) is 1.33. The Morgan fingerprint density at radius 2 is 1.81 bits per heavy atom. The third kappa shape index (κ3) is 4.32. The number of hydrogen-bond donors (Lipinski definition) is 1. The number of hydrogen-bond acceptors (Lipinski definition) is 4. The van der Waals surface area contributed by atoms with Gasteiger partial charge in [0.1, 0.15) is 5.82 Å². The van der Waals surface area contributed by atoms with Gasteiger partial charge < -0.3 is 15.0 Å². The molecule has 32 heavy (non-hydrogen) atoms. The number of ether oxygens (including phenoxy) is 1. The summed E-state index contributed by atoms with van der Waals surface area (Å²) in [6, 6.07) is 17.1. The van der Waals surface area contributed by atoms with Crippen molar-refractivity contribution >= 4 is 34.2 Å². The van der Waals surface area contributed by atoms with Crippen LogP contribution in [-0.2, 0) is 9.53 Å². The van der Waals surface area contributed by atoms with Crippen molar-refractivity contribution < 1.29 is 23.5 Å². The van der Waals surface area contributed by atoms with Gasteiger partial charge in [-0.2, -0.15) is 0 Å². The molecule has 1 heterocycles. The van der Waals surface area contributed by atoms with Gasteiger partial charge in [0.25, 0.3) is 5.91 Å². The second kappa shape index (κ2) is 9.18. The summed E-state index contributed by atoms with van der Waals surface area (Å²) in [6.45, 7) is 0.866. The van der Waals surface area contributed by atoms with Crippen LogP contribution in [0.2, 0.25) is 0 Å². The average Bonchev–Trinajstić information content (AvgIpc) is 2.83. The lowest BCUT2D eigenvalue weighted by molar-refractivity contribution is -0.121. The number of anilines is 1. The molecule has 0 bridgehead atoms. The number of carbonyl (C=O) groups excluding carboxylic acids is 3. The Morgan fingerprint density at radius 3 is 2.59 bits per heavy atom. The maximum Gasteiger partial charge on any atom is 0.340 e. The lowest BCUT2D eigenvalue weighted by Crippen LogP contribution is -2.43. The molecule has 7 heteroatoms. The molecule has 1 aliphatic rings. The quantitative estimate of drug-likeness (QED) is 0.623. The van der Waals surface area contributed by atoms with Gasteiger partial charge in [0, 0.05) is 24.3 Å². The van der Waals surface area contributed by atoms with Crippen LogP contribution in [-0.4, -0.2) is 42.9 Å². The minimum atomic E-state index is -0.782. The molecule has 4 rings (SSSR count). The summed E-state index contributed by atoms with van der Waals surface area (Å²) >= 11 is 0. The number of benzene rings is 3. The zero-order valence-electron chi connectivity index (χ0n) is 17.6. The maximum atomic E-state index is 14.2.